The molecule has 84 heavy (non-hydrogen) atoms. The van der Waals surface area contributed by atoms with E-state index in [-0.39, 0.29) is 82.0 Å². The number of halogens is 27. The smallest absolute Gasteiger partial charge is 0.382 e. The normalized spacial score (nSPS) is 20.8. The minimum absolute atomic E-state index is 0.0376. The van der Waals surface area contributed by atoms with Gasteiger partial charge in [-0.3, -0.25) is 4.90 Å². The number of hydrogen-bond acceptors (Lipinski definition) is 12. The van der Waals surface area contributed by atoms with Crippen molar-refractivity contribution in [2.75, 3.05) is 140 Å². The summed E-state index contributed by atoms with van der Waals surface area (Å²) < 4.78 is 376. The van der Waals surface area contributed by atoms with Crippen LogP contribution in [0.25, 0.3) is 0 Å². The molecule has 506 valence electrons. The zero-order valence-electron chi connectivity index (χ0n) is 46.3. The van der Waals surface area contributed by atoms with Crippen molar-refractivity contribution < 1.29 is 152 Å². The lowest BCUT2D eigenvalue weighted by Crippen LogP contribution is -2.72. The fourth-order valence-electron chi connectivity index (χ4n) is 7.52. The lowest BCUT2D eigenvalue weighted by Gasteiger charge is -2.45. The largest absolute Gasteiger partial charge is 0.443 e. The molecule has 1 aliphatic carbocycles. The van der Waals surface area contributed by atoms with Crippen LogP contribution in [0.5, 0.6) is 0 Å². The van der Waals surface area contributed by atoms with Gasteiger partial charge in [-0.1, -0.05) is 39.0 Å². The van der Waals surface area contributed by atoms with E-state index in [2.05, 4.69) is 28.4 Å². The van der Waals surface area contributed by atoms with E-state index in [9.17, 15) is 119 Å². The van der Waals surface area contributed by atoms with Gasteiger partial charge in [0, 0.05) is 93.7 Å². The Morgan fingerprint density at radius 3 is 1.07 bits per heavy atom. The SMILES string of the molecule is C1CCCC1.CC(F)(F)F.CCOC(F)(F)C(F)(F)C(F)(F)N1CCC(C)CC1.COC(F)(F)C(F)(F)C(F)(N1CCOCC1)C(F)(F)F.COC(F)(F)C(F)(F)N1CCN(C)CC1.COCCOC(F)(F)C(F)(F)C(F)(F)N1CCOCC1. The molecule has 1 saturated carbocycles. The molecule has 0 aromatic rings. The molecule has 5 fully saturated rings. The number of piperazine rings is 1. The van der Waals surface area contributed by atoms with Gasteiger partial charge in [0.25, 0.3) is 0 Å². The zero-order valence-corrected chi connectivity index (χ0v) is 46.3. The standard InChI is InChI=1S/C11H17F6NO.C10H15F6NO3.C9H11F8NO2.C8H14F4N2O.C5H10.C2H3F3/c1-3-19-11(16,17)9(12,13)10(14,15)18-6-4-8(2)5-7-18;1-18-6-7-20-10(15,16)8(11,12)9(13,14)17-2-4-19-5-3-17;1-19-9(16,17)6(10,11)7(12,8(13,14)15)18-2-4-20-5-3-18;1-13-3-5-14(6-4-13)7(9,10)8(11,12)15-2;1-2-4-5-3-1;1-2(3,4)5/h8H,3-7H2,1-2H3;2-7H2,1H3;2-5H2,1H3;3-6H2,1-2H3;1-5H2;1H3. The molecular weight excluding hydrogens is 1240 g/mol. The van der Waals surface area contributed by atoms with Crippen LogP contribution in [0.15, 0.2) is 0 Å². The highest BCUT2D eigenvalue weighted by atomic mass is 19.4. The van der Waals surface area contributed by atoms with E-state index in [1.807, 2.05) is 0 Å². The lowest BCUT2D eigenvalue weighted by molar-refractivity contribution is -0.441. The Balaban J connectivity index is 0.00000104. The summed E-state index contributed by atoms with van der Waals surface area (Å²) in [6, 6.07) is -14.2. The van der Waals surface area contributed by atoms with Crippen molar-refractivity contribution in [3.8, 4) is 0 Å². The van der Waals surface area contributed by atoms with E-state index in [4.69, 9.17) is 4.74 Å². The Morgan fingerprint density at radius 1 is 0.405 bits per heavy atom. The highest BCUT2D eigenvalue weighted by Gasteiger charge is 2.83. The van der Waals surface area contributed by atoms with Gasteiger partial charge < -0.3 is 38.1 Å². The van der Waals surface area contributed by atoms with Crippen LogP contribution in [0.1, 0.15) is 65.7 Å². The minimum atomic E-state index is -6.25. The summed E-state index contributed by atoms with van der Waals surface area (Å²) in [5.74, 6) is -22.8. The lowest BCUT2D eigenvalue weighted by atomic mass is 9.98. The predicted octanol–water partition coefficient (Wildman–Crippen LogP) is 12.4. The molecule has 4 aliphatic heterocycles. The van der Waals surface area contributed by atoms with Crippen LogP contribution in [-0.4, -0.2) is 243 Å². The van der Waals surface area contributed by atoms with E-state index in [1.165, 1.54) is 32.1 Å². The Bertz CT molecular complexity index is 1800. The summed E-state index contributed by atoms with van der Waals surface area (Å²) in [5.41, 5.74) is 0. The van der Waals surface area contributed by atoms with Crippen LogP contribution in [0, 0.1) is 5.92 Å². The number of likely N-dealkylation sites (tertiary alicyclic amines) is 1. The topological polar surface area (TPSA) is 80.8 Å². The zero-order chi connectivity index (χ0) is 65.9. The van der Waals surface area contributed by atoms with Gasteiger partial charge in [-0.05, 0) is 32.7 Å². The summed E-state index contributed by atoms with van der Waals surface area (Å²) in [6.45, 7) is -3.73. The first-order valence-corrected chi connectivity index (χ1v) is 25.3. The summed E-state index contributed by atoms with van der Waals surface area (Å²) >= 11 is 0. The number of likely N-dealkylation sites (N-methyl/N-ethyl adjacent to an activating group) is 1. The first-order chi connectivity index (χ1) is 38.0. The van der Waals surface area contributed by atoms with E-state index in [0.717, 1.165) is 14.0 Å². The second-order valence-corrected chi connectivity index (χ2v) is 18.9. The number of ether oxygens (including phenoxy) is 7. The third-order valence-corrected chi connectivity index (χ3v) is 12.6. The molecule has 0 N–H and O–H groups in total. The van der Waals surface area contributed by atoms with Gasteiger partial charge in [0.1, 0.15) is 0 Å². The van der Waals surface area contributed by atoms with Crippen LogP contribution in [-0.2, 0) is 33.2 Å². The quantitative estimate of drug-likeness (QED) is 0.0702. The molecule has 5 rings (SSSR count). The maximum absolute atomic E-state index is 14.1. The molecule has 0 aromatic carbocycles. The first kappa shape index (κ1) is 81.6. The molecule has 4 heterocycles. The molecule has 0 amide bonds. The molecule has 1 unspecified atom stereocenters. The molecule has 0 bridgehead atoms. The van der Waals surface area contributed by atoms with Crippen molar-refractivity contribution in [1.82, 2.24) is 24.5 Å². The molecule has 1 atom stereocenters. The molecule has 0 aromatic heterocycles. The maximum Gasteiger partial charge on any atom is 0.443 e. The van der Waals surface area contributed by atoms with E-state index in [1.54, 1.807) is 18.9 Å². The van der Waals surface area contributed by atoms with Crippen LogP contribution in [0.2, 0.25) is 0 Å². The van der Waals surface area contributed by atoms with E-state index < -0.39 is 143 Å². The molecule has 12 nitrogen and oxygen atoms in total. The van der Waals surface area contributed by atoms with Gasteiger partial charge in [-0.2, -0.15) is 114 Å². The second kappa shape index (κ2) is 32.9. The number of piperidine rings is 1. The fourth-order valence-corrected chi connectivity index (χ4v) is 7.52. The molecule has 0 spiro atoms. The Kier molecular flexibility index (Phi) is 32.0. The number of nitrogens with zero attached hydrogens (tertiary/aromatic N) is 5. The maximum atomic E-state index is 14.1. The van der Waals surface area contributed by atoms with Crippen molar-refractivity contribution in [3.63, 3.8) is 0 Å². The minimum Gasteiger partial charge on any atom is -0.382 e. The second-order valence-electron chi connectivity index (χ2n) is 18.9. The third-order valence-electron chi connectivity index (χ3n) is 12.6. The van der Waals surface area contributed by atoms with Gasteiger partial charge in [0.05, 0.1) is 46.2 Å². The van der Waals surface area contributed by atoms with E-state index in [0.29, 0.717) is 25.1 Å². The summed E-state index contributed by atoms with van der Waals surface area (Å²) in [6.07, 6.45) is -22.8. The first-order valence-electron chi connectivity index (χ1n) is 25.3. The number of alkyl halides is 27. The van der Waals surface area contributed by atoms with Crippen molar-refractivity contribution in [3.05, 3.63) is 0 Å². The number of morpholine rings is 2. The number of hydrogen-bond donors (Lipinski definition) is 0. The fraction of sp³-hybridized carbons (Fsp3) is 1.00. The van der Waals surface area contributed by atoms with E-state index >= 15 is 0 Å². The summed E-state index contributed by atoms with van der Waals surface area (Å²) in [4.78, 5) is 1.92. The summed E-state index contributed by atoms with van der Waals surface area (Å²) in [7, 11) is 3.51. The molecular formula is C45H70F27N5O7. The van der Waals surface area contributed by atoms with Crippen molar-refractivity contribution in [2.45, 2.75) is 144 Å². The Hall–Kier alpha value is -2.37. The van der Waals surface area contributed by atoms with Crippen LogP contribution < -0.4 is 0 Å². The van der Waals surface area contributed by atoms with Crippen molar-refractivity contribution in [1.29, 1.82) is 0 Å². The molecule has 5 aliphatic rings. The monoisotopic (exact) mass is 1310 g/mol. The molecule has 0 radical (unpaired) electrons. The highest BCUT2D eigenvalue weighted by molar-refractivity contribution is 5.04. The van der Waals surface area contributed by atoms with Crippen molar-refractivity contribution >= 4 is 0 Å². The Morgan fingerprint density at radius 2 is 0.738 bits per heavy atom. The van der Waals surface area contributed by atoms with Gasteiger partial charge in [0.2, 0.25) is 0 Å². The van der Waals surface area contributed by atoms with Crippen LogP contribution >= 0.6 is 0 Å². The van der Waals surface area contributed by atoms with Crippen LogP contribution in [0.3, 0.4) is 0 Å². The van der Waals surface area contributed by atoms with Crippen molar-refractivity contribution in [2.24, 2.45) is 5.92 Å². The highest BCUT2D eigenvalue weighted by Crippen LogP contribution is 2.55. The van der Waals surface area contributed by atoms with Crippen LogP contribution in [0.4, 0.5) is 119 Å². The molecule has 39 heteroatoms. The third kappa shape index (κ3) is 21.7. The van der Waals surface area contributed by atoms with Gasteiger partial charge in [-0.15, -0.1) is 0 Å². The predicted molar refractivity (Wildman–Crippen MR) is 241 cm³/mol. The Labute approximate surface area is 466 Å². The average Bonchev–Trinajstić information content (AvgIpc) is 2.18. The summed E-state index contributed by atoms with van der Waals surface area (Å²) in [5, 5.41) is 0. The van der Waals surface area contributed by atoms with Gasteiger partial charge in [-0.25, -0.2) is 19.1 Å². The van der Waals surface area contributed by atoms with Gasteiger partial charge >= 0.3 is 78.5 Å². The number of rotatable bonds is 19. The number of methoxy groups -OCH3 is 3. The van der Waals surface area contributed by atoms with Gasteiger partial charge in [0.15, 0.2) is 0 Å². The molecule has 4 saturated heterocycles. The average molecular weight is 1310 g/mol.